The van der Waals surface area contributed by atoms with Gasteiger partial charge in [0.1, 0.15) is 5.82 Å². The van der Waals surface area contributed by atoms with Gasteiger partial charge in [-0.1, -0.05) is 28.1 Å². The Morgan fingerprint density at radius 1 is 1.22 bits per heavy atom. The van der Waals surface area contributed by atoms with Gasteiger partial charge >= 0.3 is 0 Å². The Balaban J connectivity index is 1.68. The van der Waals surface area contributed by atoms with E-state index in [2.05, 4.69) is 67.1 Å². The predicted octanol–water partition coefficient (Wildman–Crippen LogP) is 3.75. The Labute approximate surface area is 167 Å². The number of rotatable bonds is 4. The van der Waals surface area contributed by atoms with Gasteiger partial charge in [-0.2, -0.15) is 0 Å². The van der Waals surface area contributed by atoms with Crippen LogP contribution in [0, 0.1) is 5.92 Å². The Hall–Kier alpha value is -2.18. The van der Waals surface area contributed by atoms with E-state index in [1.807, 2.05) is 12.1 Å². The highest BCUT2D eigenvalue weighted by molar-refractivity contribution is 9.10. The topological polar surface area (TPSA) is 50.2 Å². The summed E-state index contributed by atoms with van der Waals surface area (Å²) in [6.45, 7) is 2.51. The molecule has 0 saturated carbocycles. The molecule has 0 radical (unpaired) electrons. The molecule has 1 aromatic heterocycles. The summed E-state index contributed by atoms with van der Waals surface area (Å²) in [4.78, 5) is 19.3. The molecule has 4 rings (SSSR count). The minimum absolute atomic E-state index is 0.0641. The highest BCUT2D eigenvalue weighted by Crippen LogP contribution is 2.25. The third-order valence-electron chi connectivity index (χ3n) is 5.20. The van der Waals surface area contributed by atoms with Crippen molar-refractivity contribution < 1.29 is 4.79 Å². The van der Waals surface area contributed by atoms with Crippen LogP contribution in [0.1, 0.15) is 18.7 Å². The van der Waals surface area contributed by atoms with E-state index < -0.39 is 0 Å². The number of piperidine rings is 1. The zero-order chi connectivity index (χ0) is 18.8. The molecule has 1 N–H and O–H groups in total. The summed E-state index contributed by atoms with van der Waals surface area (Å²) in [5.74, 6) is 1.21. The normalized spacial score (nSPS) is 17.9. The number of likely N-dealkylation sites (tertiary alicyclic amines) is 1. The van der Waals surface area contributed by atoms with Crippen LogP contribution in [0.4, 0.5) is 0 Å². The van der Waals surface area contributed by atoms with E-state index in [1.54, 1.807) is 7.05 Å². The molecule has 1 atom stereocenters. The maximum Gasteiger partial charge on any atom is 0.224 e. The molecule has 5 nitrogen and oxygen atoms in total. The lowest BCUT2D eigenvalue weighted by molar-refractivity contribution is -0.126. The molecule has 27 heavy (non-hydrogen) atoms. The molecule has 1 aliphatic rings. The van der Waals surface area contributed by atoms with Gasteiger partial charge in [-0.15, -0.1) is 0 Å². The first-order valence-electron chi connectivity index (χ1n) is 9.32. The summed E-state index contributed by atoms with van der Waals surface area (Å²) >= 11 is 3.51. The maximum atomic E-state index is 12.1. The molecular weight excluding hydrogens is 404 g/mol. The number of amides is 1. The second-order valence-corrected chi connectivity index (χ2v) is 7.93. The largest absolute Gasteiger partial charge is 0.359 e. The molecule has 0 bridgehead atoms. The maximum absolute atomic E-state index is 12.1. The summed E-state index contributed by atoms with van der Waals surface area (Å²) in [6.07, 6.45) is 2.00. The van der Waals surface area contributed by atoms with Crippen LogP contribution in [-0.4, -0.2) is 40.5 Å². The molecule has 140 valence electrons. The summed E-state index contributed by atoms with van der Waals surface area (Å²) < 4.78 is 3.28. The fourth-order valence-electron chi connectivity index (χ4n) is 3.88. The Kier molecular flexibility index (Phi) is 5.27. The van der Waals surface area contributed by atoms with Crippen molar-refractivity contribution in [2.75, 3.05) is 20.1 Å². The summed E-state index contributed by atoms with van der Waals surface area (Å²) in [5, 5.41) is 2.79. The number of carbonyl (C=O) groups is 1. The number of nitrogens with one attached hydrogen (secondary N) is 1. The van der Waals surface area contributed by atoms with Crippen LogP contribution in [0.15, 0.2) is 53.0 Å². The number of nitrogens with zero attached hydrogens (tertiary/aromatic N) is 3. The molecule has 1 amide bonds. The Morgan fingerprint density at radius 2 is 2.00 bits per heavy atom. The minimum Gasteiger partial charge on any atom is -0.359 e. The van der Waals surface area contributed by atoms with E-state index in [9.17, 15) is 4.79 Å². The molecule has 2 aromatic carbocycles. The van der Waals surface area contributed by atoms with Crippen LogP contribution in [-0.2, 0) is 11.3 Å². The number of imidazole rings is 1. The van der Waals surface area contributed by atoms with E-state index in [0.717, 1.165) is 59.5 Å². The number of hydrogen-bond acceptors (Lipinski definition) is 3. The first kappa shape index (κ1) is 18.2. The second kappa shape index (κ2) is 7.82. The molecule has 0 unspecified atom stereocenters. The van der Waals surface area contributed by atoms with Gasteiger partial charge in [-0.3, -0.25) is 14.3 Å². The summed E-state index contributed by atoms with van der Waals surface area (Å²) in [7, 11) is 1.72. The lowest BCUT2D eigenvalue weighted by Crippen LogP contribution is -2.42. The summed E-state index contributed by atoms with van der Waals surface area (Å²) in [6, 6.07) is 16.5. The molecule has 0 spiro atoms. The lowest BCUT2D eigenvalue weighted by atomic mass is 9.97. The van der Waals surface area contributed by atoms with Crippen molar-refractivity contribution in [1.29, 1.82) is 0 Å². The van der Waals surface area contributed by atoms with Gasteiger partial charge in [0.15, 0.2) is 0 Å². The van der Waals surface area contributed by atoms with Gasteiger partial charge in [-0.05, 0) is 55.8 Å². The van der Waals surface area contributed by atoms with Crippen molar-refractivity contribution in [3.8, 4) is 5.69 Å². The van der Waals surface area contributed by atoms with Crippen molar-refractivity contribution in [2.24, 2.45) is 5.92 Å². The Morgan fingerprint density at radius 3 is 2.78 bits per heavy atom. The van der Waals surface area contributed by atoms with Gasteiger partial charge in [0.25, 0.3) is 0 Å². The predicted molar refractivity (Wildman–Crippen MR) is 111 cm³/mol. The quantitative estimate of drug-likeness (QED) is 0.690. The van der Waals surface area contributed by atoms with Gasteiger partial charge in [0.2, 0.25) is 5.91 Å². The van der Waals surface area contributed by atoms with Crippen molar-refractivity contribution in [2.45, 2.75) is 19.4 Å². The lowest BCUT2D eigenvalue weighted by Gasteiger charge is -2.31. The third-order valence-corrected chi connectivity index (χ3v) is 5.73. The highest BCUT2D eigenvalue weighted by atomic mass is 79.9. The van der Waals surface area contributed by atoms with Crippen LogP contribution in [0.25, 0.3) is 16.7 Å². The van der Waals surface area contributed by atoms with Gasteiger partial charge in [-0.25, -0.2) is 4.98 Å². The van der Waals surface area contributed by atoms with Crippen molar-refractivity contribution in [3.05, 3.63) is 58.8 Å². The zero-order valence-corrected chi connectivity index (χ0v) is 16.9. The average Bonchev–Trinajstić information content (AvgIpc) is 3.06. The number of carbonyl (C=O) groups excluding carboxylic acids is 1. The number of aromatic nitrogens is 2. The third kappa shape index (κ3) is 3.77. The smallest absolute Gasteiger partial charge is 0.224 e. The standard InChI is InChI=1S/C21H23BrN4O/c1-23-21(27)15-5-4-12-25(13-15)14-20-24-18-6-2-3-7-19(18)26(20)17-10-8-16(22)9-11-17/h2-3,6-11,15H,4-5,12-14H2,1H3,(H,23,27)/t15-/m0/s1. The first-order chi connectivity index (χ1) is 13.2. The molecule has 2 heterocycles. The van der Waals surface area contributed by atoms with Crippen LogP contribution in [0.2, 0.25) is 0 Å². The van der Waals surface area contributed by atoms with Crippen molar-refractivity contribution in [1.82, 2.24) is 19.8 Å². The molecule has 0 aliphatic carbocycles. The Bertz CT molecular complexity index is 950. The van der Waals surface area contributed by atoms with Crippen LogP contribution < -0.4 is 5.32 Å². The molecular formula is C21H23BrN4O. The van der Waals surface area contributed by atoms with Gasteiger partial charge in [0.05, 0.1) is 23.5 Å². The number of hydrogen-bond donors (Lipinski definition) is 1. The van der Waals surface area contributed by atoms with Gasteiger partial charge in [0, 0.05) is 23.8 Å². The average molecular weight is 427 g/mol. The van der Waals surface area contributed by atoms with Crippen molar-refractivity contribution in [3.63, 3.8) is 0 Å². The fourth-order valence-corrected chi connectivity index (χ4v) is 4.14. The van der Waals surface area contributed by atoms with E-state index in [4.69, 9.17) is 4.98 Å². The van der Waals surface area contributed by atoms with Crippen LogP contribution >= 0.6 is 15.9 Å². The van der Waals surface area contributed by atoms with Crippen LogP contribution in [0.5, 0.6) is 0 Å². The zero-order valence-electron chi connectivity index (χ0n) is 15.4. The SMILES string of the molecule is CNC(=O)[C@H]1CCCN(Cc2nc3ccccc3n2-c2ccc(Br)cc2)C1. The van der Waals surface area contributed by atoms with Crippen molar-refractivity contribution >= 4 is 32.9 Å². The number of halogens is 1. The highest BCUT2D eigenvalue weighted by Gasteiger charge is 2.26. The fraction of sp³-hybridized carbons (Fsp3) is 0.333. The summed E-state index contributed by atoms with van der Waals surface area (Å²) in [5.41, 5.74) is 3.20. The number of benzene rings is 2. The van der Waals surface area contributed by atoms with E-state index in [1.165, 1.54) is 0 Å². The van der Waals surface area contributed by atoms with E-state index in [-0.39, 0.29) is 11.8 Å². The first-order valence-corrected chi connectivity index (χ1v) is 10.1. The van der Waals surface area contributed by atoms with Crippen LogP contribution in [0.3, 0.4) is 0 Å². The number of para-hydroxylation sites is 2. The monoisotopic (exact) mass is 426 g/mol. The van der Waals surface area contributed by atoms with E-state index in [0.29, 0.717) is 0 Å². The van der Waals surface area contributed by atoms with E-state index >= 15 is 0 Å². The van der Waals surface area contributed by atoms with Gasteiger partial charge < -0.3 is 5.32 Å². The molecule has 1 fully saturated rings. The number of fused-ring (bicyclic) bond motifs is 1. The molecule has 1 aliphatic heterocycles. The molecule has 3 aromatic rings. The molecule has 6 heteroatoms. The second-order valence-electron chi connectivity index (χ2n) is 7.02. The minimum atomic E-state index is 0.0641. The molecule has 1 saturated heterocycles.